The molecular weight excluding hydrogens is 186 g/mol. The monoisotopic (exact) mass is 195 g/mol. The molecule has 0 aliphatic carbocycles. The number of thiophene rings is 1. The van der Waals surface area contributed by atoms with Gasteiger partial charge >= 0.3 is 0 Å². The summed E-state index contributed by atoms with van der Waals surface area (Å²) < 4.78 is 6.17. The molecule has 0 saturated carbocycles. The van der Waals surface area contributed by atoms with Gasteiger partial charge in [0, 0.05) is 12.6 Å². The molecule has 2 heterocycles. The first-order valence-corrected chi connectivity index (χ1v) is 4.88. The number of hydrogen-bond acceptors (Lipinski definition) is 3. The van der Waals surface area contributed by atoms with Crippen molar-refractivity contribution in [3.8, 4) is 0 Å². The summed E-state index contributed by atoms with van der Waals surface area (Å²) >= 11 is 1.45. The highest BCUT2D eigenvalue weighted by atomic mass is 32.1. The zero-order valence-electron chi connectivity index (χ0n) is 7.16. The van der Waals surface area contributed by atoms with E-state index in [1.54, 1.807) is 12.3 Å². The fourth-order valence-electron chi connectivity index (χ4n) is 1.13. The molecule has 0 saturated heterocycles. The molecule has 0 aliphatic rings. The van der Waals surface area contributed by atoms with E-state index < -0.39 is 0 Å². The van der Waals surface area contributed by atoms with Crippen molar-refractivity contribution in [3.05, 3.63) is 23.3 Å². The number of carbonyl (C=O) groups is 1. The Bertz CT molecular complexity index is 401. The number of fused-ring (bicyclic) bond motifs is 1. The van der Waals surface area contributed by atoms with Crippen LogP contribution in [0, 0.1) is 0 Å². The van der Waals surface area contributed by atoms with Crippen molar-refractivity contribution in [2.24, 2.45) is 0 Å². The van der Waals surface area contributed by atoms with Gasteiger partial charge in [0.05, 0.1) is 15.8 Å². The zero-order chi connectivity index (χ0) is 9.26. The van der Waals surface area contributed by atoms with Crippen molar-refractivity contribution in [2.75, 3.05) is 6.54 Å². The zero-order valence-corrected chi connectivity index (χ0v) is 7.98. The van der Waals surface area contributed by atoms with Crippen LogP contribution in [0.3, 0.4) is 0 Å². The first-order chi connectivity index (χ1) is 6.31. The summed E-state index contributed by atoms with van der Waals surface area (Å²) in [5.74, 6) is -0.0288. The van der Waals surface area contributed by atoms with Gasteiger partial charge in [-0.1, -0.05) is 0 Å². The van der Waals surface area contributed by atoms with Gasteiger partial charge in [0.2, 0.25) is 0 Å². The predicted octanol–water partition coefficient (Wildman–Crippen LogP) is 2.24. The van der Waals surface area contributed by atoms with Crippen molar-refractivity contribution in [3.63, 3.8) is 0 Å². The minimum atomic E-state index is -0.0288. The van der Waals surface area contributed by atoms with Crippen LogP contribution in [0.4, 0.5) is 0 Å². The first-order valence-electron chi connectivity index (χ1n) is 4.06. The Hall–Kier alpha value is -1.29. The van der Waals surface area contributed by atoms with E-state index >= 15 is 0 Å². The molecule has 2 rings (SSSR count). The van der Waals surface area contributed by atoms with E-state index in [1.165, 1.54) is 11.3 Å². The number of nitrogens with one attached hydrogen (secondary N) is 1. The van der Waals surface area contributed by atoms with Crippen molar-refractivity contribution in [1.82, 2.24) is 5.32 Å². The van der Waals surface area contributed by atoms with Crippen LogP contribution in [-0.4, -0.2) is 12.5 Å². The van der Waals surface area contributed by atoms with E-state index in [1.807, 2.05) is 13.0 Å². The van der Waals surface area contributed by atoms with Crippen molar-refractivity contribution < 1.29 is 9.21 Å². The highest BCUT2D eigenvalue weighted by molar-refractivity contribution is 7.20. The Labute approximate surface area is 79.4 Å². The number of carbonyl (C=O) groups excluding carboxylic acids is 1. The molecule has 0 atom stereocenters. The molecule has 0 unspecified atom stereocenters. The molecular formula is C9H9NO2S. The van der Waals surface area contributed by atoms with E-state index in [9.17, 15) is 4.79 Å². The average Bonchev–Trinajstić information content (AvgIpc) is 2.61. The van der Waals surface area contributed by atoms with Crippen LogP contribution in [-0.2, 0) is 0 Å². The normalized spacial score (nSPS) is 10.5. The quantitative estimate of drug-likeness (QED) is 0.798. The maximum atomic E-state index is 11.4. The second-order valence-electron chi connectivity index (χ2n) is 2.62. The molecule has 68 valence electrons. The standard InChI is InChI=1S/C9H9NO2S/c1-2-10-9(11)8-5-6-7(13-8)3-4-12-6/h3-5H,2H2,1H3,(H,10,11). The number of rotatable bonds is 2. The molecule has 1 amide bonds. The third-order valence-electron chi connectivity index (χ3n) is 1.70. The second kappa shape index (κ2) is 3.22. The molecule has 0 radical (unpaired) electrons. The smallest absolute Gasteiger partial charge is 0.261 e. The lowest BCUT2D eigenvalue weighted by Gasteiger charge is -1.95. The van der Waals surface area contributed by atoms with Gasteiger partial charge < -0.3 is 9.73 Å². The van der Waals surface area contributed by atoms with Crippen LogP contribution in [0.2, 0.25) is 0 Å². The molecule has 0 bridgehead atoms. The van der Waals surface area contributed by atoms with Crippen molar-refractivity contribution >= 4 is 27.5 Å². The summed E-state index contributed by atoms with van der Waals surface area (Å²) in [6.45, 7) is 2.55. The Morgan fingerprint density at radius 1 is 1.69 bits per heavy atom. The Morgan fingerprint density at radius 3 is 3.23 bits per heavy atom. The molecule has 13 heavy (non-hydrogen) atoms. The van der Waals surface area contributed by atoms with Crippen molar-refractivity contribution in [2.45, 2.75) is 6.92 Å². The third kappa shape index (κ3) is 1.45. The number of hydrogen-bond donors (Lipinski definition) is 1. The summed E-state index contributed by atoms with van der Waals surface area (Å²) in [5, 5.41) is 2.74. The maximum Gasteiger partial charge on any atom is 0.261 e. The summed E-state index contributed by atoms with van der Waals surface area (Å²) in [4.78, 5) is 12.1. The van der Waals surface area contributed by atoms with Gasteiger partial charge in [-0.05, 0) is 13.0 Å². The highest BCUT2D eigenvalue weighted by Crippen LogP contribution is 2.26. The van der Waals surface area contributed by atoms with Crippen LogP contribution < -0.4 is 5.32 Å². The van der Waals surface area contributed by atoms with E-state index in [-0.39, 0.29) is 5.91 Å². The van der Waals surface area contributed by atoms with Gasteiger partial charge in [-0.15, -0.1) is 11.3 Å². The summed E-state index contributed by atoms with van der Waals surface area (Å²) in [6.07, 6.45) is 1.63. The van der Waals surface area contributed by atoms with Crippen LogP contribution in [0.5, 0.6) is 0 Å². The fourth-order valence-corrected chi connectivity index (χ4v) is 2.02. The van der Waals surface area contributed by atoms with E-state index in [2.05, 4.69) is 5.32 Å². The molecule has 1 N–H and O–H groups in total. The van der Waals surface area contributed by atoms with Crippen LogP contribution in [0.15, 0.2) is 22.8 Å². The van der Waals surface area contributed by atoms with Gasteiger partial charge in [0.25, 0.3) is 5.91 Å². The summed E-state index contributed by atoms with van der Waals surface area (Å²) in [6, 6.07) is 3.63. The summed E-state index contributed by atoms with van der Waals surface area (Å²) in [7, 11) is 0. The van der Waals surface area contributed by atoms with Gasteiger partial charge in [-0.3, -0.25) is 4.79 Å². The van der Waals surface area contributed by atoms with Crippen molar-refractivity contribution in [1.29, 1.82) is 0 Å². The fraction of sp³-hybridized carbons (Fsp3) is 0.222. The molecule has 0 aromatic carbocycles. The van der Waals surface area contributed by atoms with E-state index in [0.717, 1.165) is 10.3 Å². The average molecular weight is 195 g/mol. The molecule has 0 spiro atoms. The van der Waals surface area contributed by atoms with Crippen LogP contribution >= 0.6 is 11.3 Å². The third-order valence-corrected chi connectivity index (χ3v) is 2.78. The highest BCUT2D eigenvalue weighted by Gasteiger charge is 2.10. The lowest BCUT2D eigenvalue weighted by Crippen LogP contribution is -2.21. The van der Waals surface area contributed by atoms with E-state index in [0.29, 0.717) is 11.4 Å². The second-order valence-corrected chi connectivity index (χ2v) is 3.70. The minimum Gasteiger partial charge on any atom is -0.463 e. The molecule has 2 aromatic rings. The summed E-state index contributed by atoms with van der Waals surface area (Å²) in [5.41, 5.74) is 0.784. The van der Waals surface area contributed by atoms with Gasteiger partial charge in [-0.2, -0.15) is 0 Å². The molecule has 0 aliphatic heterocycles. The Kier molecular flexibility index (Phi) is 2.06. The van der Waals surface area contributed by atoms with Crippen LogP contribution in [0.25, 0.3) is 10.3 Å². The van der Waals surface area contributed by atoms with Crippen LogP contribution in [0.1, 0.15) is 16.6 Å². The largest absolute Gasteiger partial charge is 0.463 e. The van der Waals surface area contributed by atoms with Gasteiger partial charge in [0.1, 0.15) is 5.58 Å². The molecule has 2 aromatic heterocycles. The lowest BCUT2D eigenvalue weighted by atomic mass is 10.4. The molecule has 4 heteroatoms. The lowest BCUT2D eigenvalue weighted by molar-refractivity contribution is 0.0960. The SMILES string of the molecule is CCNC(=O)c1cc2occc2s1. The Balaban J connectivity index is 2.34. The molecule has 3 nitrogen and oxygen atoms in total. The number of furan rings is 1. The maximum absolute atomic E-state index is 11.4. The van der Waals surface area contributed by atoms with Gasteiger partial charge in [-0.25, -0.2) is 0 Å². The minimum absolute atomic E-state index is 0.0288. The Morgan fingerprint density at radius 2 is 2.54 bits per heavy atom. The van der Waals surface area contributed by atoms with Gasteiger partial charge in [0.15, 0.2) is 0 Å². The topological polar surface area (TPSA) is 42.2 Å². The first kappa shape index (κ1) is 8.31. The number of amides is 1. The molecule has 0 fully saturated rings. The predicted molar refractivity (Wildman–Crippen MR) is 52.1 cm³/mol. The van der Waals surface area contributed by atoms with E-state index in [4.69, 9.17) is 4.42 Å².